The normalized spacial score (nSPS) is 23.3. The molecule has 2 N–H and O–H groups in total. The first kappa shape index (κ1) is 16.8. The minimum absolute atomic E-state index is 0.0632. The maximum Gasteiger partial charge on any atom is 0.270 e. The third-order valence-corrected chi connectivity index (χ3v) is 6.81. The number of halogens is 1. The average Bonchev–Trinajstić information content (AvgIpc) is 3.18. The number of amides is 1. The van der Waals surface area contributed by atoms with Crippen LogP contribution in [0.15, 0.2) is 12.3 Å². The summed E-state index contributed by atoms with van der Waals surface area (Å²) < 4.78 is 28.0. The highest BCUT2D eigenvalue weighted by Gasteiger charge is 2.35. The molecule has 1 amide bonds. The summed E-state index contributed by atoms with van der Waals surface area (Å²) in [6, 6.07) is 1.63. The molecule has 2 fully saturated rings. The van der Waals surface area contributed by atoms with Gasteiger partial charge in [-0.05, 0) is 31.7 Å². The summed E-state index contributed by atoms with van der Waals surface area (Å²) in [5.41, 5.74) is 0.400. The molecule has 2 heterocycles. The number of hydrogen-bond donors (Lipinski definition) is 2. The molecule has 0 aromatic carbocycles. The number of hydrogen-bond acceptors (Lipinski definition) is 3. The number of sulfonamides is 1. The molecule has 3 rings (SSSR count). The fourth-order valence-corrected chi connectivity index (χ4v) is 5.32. The van der Waals surface area contributed by atoms with Gasteiger partial charge in [-0.2, -0.15) is 0 Å². The fourth-order valence-electron chi connectivity index (χ4n) is 3.41. The van der Waals surface area contributed by atoms with Gasteiger partial charge in [0.2, 0.25) is 10.0 Å². The molecule has 1 saturated carbocycles. The Morgan fingerprint density at radius 3 is 2.65 bits per heavy atom. The summed E-state index contributed by atoms with van der Waals surface area (Å²) in [5, 5.41) is -0.0661. The van der Waals surface area contributed by atoms with Gasteiger partial charge in [0.15, 0.2) is 0 Å². The number of H-pyrrole nitrogens is 1. The summed E-state index contributed by atoms with van der Waals surface area (Å²) in [6.45, 7) is 0.808. The van der Waals surface area contributed by atoms with Crippen molar-refractivity contribution in [2.75, 3.05) is 13.1 Å². The van der Waals surface area contributed by atoms with Gasteiger partial charge in [-0.1, -0.05) is 24.4 Å². The summed E-state index contributed by atoms with van der Waals surface area (Å²) in [6.07, 6.45) is 6.82. The molecule has 0 radical (unpaired) electrons. The van der Waals surface area contributed by atoms with E-state index in [-0.39, 0.29) is 18.5 Å². The van der Waals surface area contributed by atoms with Crippen LogP contribution in [0.4, 0.5) is 0 Å². The van der Waals surface area contributed by atoms with Crippen LogP contribution in [0.1, 0.15) is 49.0 Å². The Morgan fingerprint density at radius 1 is 1.26 bits per heavy atom. The molecule has 1 aromatic rings. The molecule has 2 aliphatic rings. The van der Waals surface area contributed by atoms with Crippen molar-refractivity contribution < 1.29 is 13.2 Å². The van der Waals surface area contributed by atoms with E-state index in [1.165, 1.54) is 0 Å². The third-order valence-electron chi connectivity index (χ3n) is 4.67. The average molecular weight is 360 g/mol. The zero-order valence-electron chi connectivity index (χ0n) is 12.9. The van der Waals surface area contributed by atoms with E-state index in [0.717, 1.165) is 25.7 Å². The summed E-state index contributed by atoms with van der Waals surface area (Å²) in [5.74, 6) is -0.197. The number of aromatic nitrogens is 1. The van der Waals surface area contributed by atoms with Gasteiger partial charge in [0.25, 0.3) is 5.91 Å². The van der Waals surface area contributed by atoms with Crippen molar-refractivity contribution in [1.29, 1.82) is 0 Å². The lowest BCUT2D eigenvalue weighted by Crippen LogP contribution is -2.50. The van der Waals surface area contributed by atoms with Crippen LogP contribution in [0, 0.1) is 0 Å². The first-order valence-electron chi connectivity index (χ1n) is 8.10. The minimum atomic E-state index is -3.39. The molecular formula is C15H22ClN3O3S. The molecule has 128 valence electrons. The van der Waals surface area contributed by atoms with E-state index in [0.29, 0.717) is 30.1 Å². The van der Waals surface area contributed by atoms with Gasteiger partial charge in [-0.3, -0.25) is 4.79 Å². The highest BCUT2D eigenvalue weighted by Crippen LogP contribution is 2.23. The fraction of sp³-hybridized carbons (Fsp3) is 0.667. The van der Waals surface area contributed by atoms with Crippen LogP contribution in [0.3, 0.4) is 0 Å². The molecule has 1 atom stereocenters. The standard InChI is InChI=1S/C15H22ClN3O3S/c16-11-8-14(17-9-11)15(20)19-7-3-6-13(10-19)23(21,22)18-12-4-1-2-5-12/h8-9,12-13,17-18H,1-7,10H2/t13-/m0/s1. The summed E-state index contributed by atoms with van der Waals surface area (Å²) in [4.78, 5) is 16.9. The van der Waals surface area contributed by atoms with Crippen LogP contribution in [0.2, 0.25) is 5.02 Å². The smallest absolute Gasteiger partial charge is 0.270 e. The van der Waals surface area contributed by atoms with Crippen LogP contribution in [0.25, 0.3) is 0 Å². The van der Waals surface area contributed by atoms with Crippen molar-refractivity contribution in [2.24, 2.45) is 0 Å². The molecule has 1 aliphatic carbocycles. The molecule has 0 spiro atoms. The Balaban J connectivity index is 1.66. The maximum absolute atomic E-state index is 12.6. The van der Waals surface area contributed by atoms with Crippen molar-refractivity contribution in [1.82, 2.24) is 14.6 Å². The number of nitrogens with zero attached hydrogens (tertiary/aromatic N) is 1. The second-order valence-corrected chi connectivity index (χ2v) is 8.82. The molecule has 1 saturated heterocycles. The number of piperidine rings is 1. The Hall–Kier alpha value is -1.05. The van der Waals surface area contributed by atoms with E-state index in [2.05, 4.69) is 9.71 Å². The van der Waals surface area contributed by atoms with Crippen molar-refractivity contribution >= 4 is 27.5 Å². The van der Waals surface area contributed by atoms with Gasteiger partial charge >= 0.3 is 0 Å². The SMILES string of the molecule is O=C(c1cc(Cl)c[nH]1)N1CCC[C@H](S(=O)(=O)NC2CCCC2)C1. The Morgan fingerprint density at radius 2 is 2.00 bits per heavy atom. The van der Waals surface area contributed by atoms with Crippen molar-refractivity contribution in [3.05, 3.63) is 23.0 Å². The number of carbonyl (C=O) groups excluding carboxylic acids is 1. The van der Waals surface area contributed by atoms with Crippen LogP contribution in [-0.2, 0) is 10.0 Å². The molecule has 0 bridgehead atoms. The zero-order valence-corrected chi connectivity index (χ0v) is 14.5. The monoisotopic (exact) mass is 359 g/mol. The van der Waals surface area contributed by atoms with Crippen LogP contribution in [0.5, 0.6) is 0 Å². The number of nitrogens with one attached hydrogen (secondary N) is 2. The molecule has 8 heteroatoms. The van der Waals surface area contributed by atoms with E-state index in [1.54, 1.807) is 17.2 Å². The Kier molecular flexibility index (Phi) is 4.98. The largest absolute Gasteiger partial charge is 0.356 e. The lowest BCUT2D eigenvalue weighted by atomic mass is 10.1. The van der Waals surface area contributed by atoms with Crippen molar-refractivity contribution in [3.63, 3.8) is 0 Å². The molecule has 1 aliphatic heterocycles. The first-order valence-corrected chi connectivity index (χ1v) is 10.0. The van der Waals surface area contributed by atoms with Gasteiger partial charge in [-0.25, -0.2) is 13.1 Å². The van der Waals surface area contributed by atoms with Crippen LogP contribution >= 0.6 is 11.6 Å². The predicted molar refractivity (Wildman–Crippen MR) is 89.0 cm³/mol. The second kappa shape index (κ2) is 6.83. The molecular weight excluding hydrogens is 338 g/mol. The molecule has 1 aromatic heterocycles. The highest BCUT2D eigenvalue weighted by molar-refractivity contribution is 7.90. The van der Waals surface area contributed by atoms with Gasteiger partial charge in [0.05, 0.1) is 10.3 Å². The first-order chi connectivity index (χ1) is 11.0. The molecule has 23 heavy (non-hydrogen) atoms. The zero-order chi connectivity index (χ0) is 16.4. The van der Waals surface area contributed by atoms with Crippen LogP contribution in [-0.4, -0.2) is 48.6 Å². The predicted octanol–water partition coefficient (Wildman–Crippen LogP) is 2.13. The Bertz CT molecular complexity index is 667. The van der Waals surface area contributed by atoms with Crippen molar-refractivity contribution in [3.8, 4) is 0 Å². The number of rotatable bonds is 4. The van der Waals surface area contributed by atoms with E-state index in [9.17, 15) is 13.2 Å². The Labute approximate surface area is 141 Å². The number of likely N-dealkylation sites (tertiary alicyclic amines) is 1. The van der Waals surface area contributed by atoms with E-state index >= 15 is 0 Å². The minimum Gasteiger partial charge on any atom is -0.356 e. The van der Waals surface area contributed by atoms with Gasteiger partial charge in [-0.15, -0.1) is 0 Å². The van der Waals surface area contributed by atoms with Crippen LogP contribution < -0.4 is 4.72 Å². The lowest BCUT2D eigenvalue weighted by molar-refractivity contribution is 0.0721. The highest BCUT2D eigenvalue weighted by atomic mass is 35.5. The van der Waals surface area contributed by atoms with Gasteiger partial charge in [0, 0.05) is 25.3 Å². The van der Waals surface area contributed by atoms with Gasteiger partial charge in [0.1, 0.15) is 5.69 Å². The molecule has 0 unspecified atom stereocenters. The number of aromatic amines is 1. The molecule has 6 nitrogen and oxygen atoms in total. The van der Waals surface area contributed by atoms with Crippen molar-refractivity contribution in [2.45, 2.75) is 49.8 Å². The van der Waals surface area contributed by atoms with Gasteiger partial charge < -0.3 is 9.88 Å². The lowest BCUT2D eigenvalue weighted by Gasteiger charge is -2.32. The summed E-state index contributed by atoms with van der Waals surface area (Å²) in [7, 11) is -3.39. The van der Waals surface area contributed by atoms with E-state index in [4.69, 9.17) is 11.6 Å². The topological polar surface area (TPSA) is 82.3 Å². The third kappa shape index (κ3) is 3.89. The second-order valence-electron chi connectivity index (χ2n) is 6.39. The number of carbonyl (C=O) groups is 1. The maximum atomic E-state index is 12.6. The quantitative estimate of drug-likeness (QED) is 0.864. The summed E-state index contributed by atoms with van der Waals surface area (Å²) >= 11 is 5.83. The van der Waals surface area contributed by atoms with E-state index in [1.807, 2.05) is 0 Å². The van der Waals surface area contributed by atoms with E-state index < -0.39 is 15.3 Å².